The summed E-state index contributed by atoms with van der Waals surface area (Å²) in [4.78, 5) is 38.5. The van der Waals surface area contributed by atoms with Crippen LogP contribution in [0.25, 0.3) is 0 Å². The van der Waals surface area contributed by atoms with Crippen LogP contribution < -0.4 is 19.7 Å². The molecule has 7 heteroatoms. The highest BCUT2D eigenvalue weighted by atomic mass is 16.5. The van der Waals surface area contributed by atoms with Gasteiger partial charge in [-0.1, -0.05) is 13.3 Å². The maximum atomic E-state index is 12.8. The molecular weight excluding hydrogens is 384 g/mol. The summed E-state index contributed by atoms with van der Waals surface area (Å²) in [5.41, 5.74) is 1.47. The number of unbranched alkanes of at least 4 members (excludes halogenated alkanes) is 1. The van der Waals surface area contributed by atoms with Gasteiger partial charge in [0.05, 0.1) is 12.3 Å². The van der Waals surface area contributed by atoms with E-state index in [0.29, 0.717) is 29.3 Å². The number of carbonyl (C=O) groups is 3. The number of ether oxygens (including phenoxy) is 2. The van der Waals surface area contributed by atoms with Gasteiger partial charge in [-0.15, -0.1) is 0 Å². The van der Waals surface area contributed by atoms with E-state index in [9.17, 15) is 14.4 Å². The highest BCUT2D eigenvalue weighted by Gasteiger charge is 2.33. The van der Waals surface area contributed by atoms with E-state index in [0.717, 1.165) is 18.6 Å². The number of amides is 2. The van der Waals surface area contributed by atoms with Gasteiger partial charge in [-0.3, -0.25) is 19.3 Å². The molecule has 1 atom stereocenters. The number of fused-ring (bicyclic) bond motifs is 1. The second-order valence-corrected chi connectivity index (χ2v) is 7.18. The fraction of sp³-hybridized carbons (Fsp3) is 0.348. The third-order valence-corrected chi connectivity index (χ3v) is 4.90. The van der Waals surface area contributed by atoms with Crippen molar-refractivity contribution in [3.8, 4) is 11.5 Å². The first-order valence-corrected chi connectivity index (χ1v) is 10.0. The van der Waals surface area contributed by atoms with Crippen LogP contribution in [0.4, 0.5) is 11.4 Å². The summed E-state index contributed by atoms with van der Waals surface area (Å²) in [5, 5.41) is 2.83. The van der Waals surface area contributed by atoms with Crippen molar-refractivity contribution in [2.75, 3.05) is 23.4 Å². The standard InChI is InChI=1S/C23H26N2O5/c1-4-5-12-29-19-9-7-18(8-10-19)24-23(28)15(2)25-20-13-17(16(3)26)6-11-21(20)30-14-22(25)27/h6-11,13,15H,4-5,12,14H2,1-3H3,(H,24,28). The van der Waals surface area contributed by atoms with E-state index in [1.54, 1.807) is 49.4 Å². The second-order valence-electron chi connectivity index (χ2n) is 7.18. The lowest BCUT2D eigenvalue weighted by Gasteiger charge is -2.33. The van der Waals surface area contributed by atoms with Crippen LogP contribution in [-0.2, 0) is 9.59 Å². The topological polar surface area (TPSA) is 84.9 Å². The van der Waals surface area contributed by atoms with Gasteiger partial charge in [-0.25, -0.2) is 0 Å². The second kappa shape index (κ2) is 9.43. The monoisotopic (exact) mass is 410 g/mol. The summed E-state index contributed by atoms with van der Waals surface area (Å²) in [5.74, 6) is 0.389. The molecule has 1 aliphatic heterocycles. The van der Waals surface area contributed by atoms with Crippen molar-refractivity contribution in [3.63, 3.8) is 0 Å². The molecule has 0 spiro atoms. The molecule has 3 rings (SSSR count). The van der Waals surface area contributed by atoms with Crippen molar-refractivity contribution >= 4 is 29.0 Å². The van der Waals surface area contributed by atoms with Crippen molar-refractivity contribution in [2.45, 2.75) is 39.7 Å². The minimum absolute atomic E-state index is 0.130. The van der Waals surface area contributed by atoms with Crippen LogP contribution in [0.5, 0.6) is 11.5 Å². The summed E-state index contributed by atoms with van der Waals surface area (Å²) in [7, 11) is 0. The zero-order valence-electron chi connectivity index (χ0n) is 17.4. The lowest BCUT2D eigenvalue weighted by molar-refractivity contribution is -0.125. The van der Waals surface area contributed by atoms with Gasteiger partial charge in [0, 0.05) is 11.3 Å². The maximum absolute atomic E-state index is 12.8. The van der Waals surface area contributed by atoms with Gasteiger partial charge in [0.25, 0.3) is 5.91 Å². The Kier molecular flexibility index (Phi) is 6.72. The molecule has 1 N–H and O–H groups in total. The normalized spacial score (nSPS) is 13.8. The molecule has 7 nitrogen and oxygen atoms in total. The smallest absolute Gasteiger partial charge is 0.265 e. The molecule has 0 aliphatic carbocycles. The zero-order chi connectivity index (χ0) is 21.7. The Bertz CT molecular complexity index is 939. The van der Waals surface area contributed by atoms with Gasteiger partial charge in [0.15, 0.2) is 12.4 Å². The summed E-state index contributed by atoms with van der Waals surface area (Å²) in [6, 6.07) is 11.2. The molecule has 0 saturated heterocycles. The first kappa shape index (κ1) is 21.4. The molecule has 158 valence electrons. The van der Waals surface area contributed by atoms with E-state index in [1.165, 1.54) is 11.8 Å². The highest BCUT2D eigenvalue weighted by molar-refractivity contribution is 6.07. The lowest BCUT2D eigenvalue weighted by Crippen LogP contribution is -2.49. The number of anilines is 2. The molecule has 0 bridgehead atoms. The zero-order valence-corrected chi connectivity index (χ0v) is 17.4. The van der Waals surface area contributed by atoms with Crippen molar-refractivity contribution in [1.29, 1.82) is 0 Å². The van der Waals surface area contributed by atoms with Gasteiger partial charge < -0.3 is 14.8 Å². The predicted octanol–water partition coefficient (Wildman–Crippen LogP) is 3.82. The Balaban J connectivity index is 1.74. The van der Waals surface area contributed by atoms with E-state index >= 15 is 0 Å². The van der Waals surface area contributed by atoms with Crippen molar-refractivity contribution < 1.29 is 23.9 Å². The first-order valence-electron chi connectivity index (χ1n) is 10.0. The van der Waals surface area contributed by atoms with Crippen molar-refractivity contribution in [1.82, 2.24) is 0 Å². The summed E-state index contributed by atoms with van der Waals surface area (Å²) >= 11 is 0. The minimum atomic E-state index is -0.789. The minimum Gasteiger partial charge on any atom is -0.494 e. The number of nitrogens with zero attached hydrogens (tertiary/aromatic N) is 1. The molecule has 1 heterocycles. The number of benzene rings is 2. The van der Waals surface area contributed by atoms with Crippen LogP contribution in [0.15, 0.2) is 42.5 Å². The van der Waals surface area contributed by atoms with E-state index in [1.807, 2.05) is 0 Å². The summed E-state index contributed by atoms with van der Waals surface area (Å²) in [6.45, 7) is 5.68. The van der Waals surface area contributed by atoms with Crippen LogP contribution >= 0.6 is 0 Å². The molecule has 2 aromatic rings. The molecule has 2 amide bonds. The van der Waals surface area contributed by atoms with Crippen LogP contribution in [0.1, 0.15) is 44.0 Å². The molecule has 1 unspecified atom stereocenters. The van der Waals surface area contributed by atoms with Crippen LogP contribution in [-0.4, -0.2) is 36.9 Å². The van der Waals surface area contributed by atoms with Crippen LogP contribution in [0, 0.1) is 0 Å². The average molecular weight is 410 g/mol. The third-order valence-electron chi connectivity index (χ3n) is 4.90. The fourth-order valence-corrected chi connectivity index (χ4v) is 3.15. The Morgan fingerprint density at radius 2 is 1.93 bits per heavy atom. The van der Waals surface area contributed by atoms with Gasteiger partial charge in [0.2, 0.25) is 5.91 Å². The number of nitrogens with one attached hydrogen (secondary N) is 1. The van der Waals surface area contributed by atoms with Crippen LogP contribution in [0.3, 0.4) is 0 Å². The molecule has 0 saturated carbocycles. The van der Waals surface area contributed by atoms with E-state index in [-0.39, 0.29) is 24.2 Å². The quantitative estimate of drug-likeness (QED) is 0.528. The first-order chi connectivity index (χ1) is 14.4. The molecule has 1 aliphatic rings. The Labute approximate surface area is 176 Å². The summed E-state index contributed by atoms with van der Waals surface area (Å²) in [6.07, 6.45) is 2.04. The molecule has 0 radical (unpaired) electrons. The summed E-state index contributed by atoms with van der Waals surface area (Å²) < 4.78 is 11.1. The average Bonchev–Trinajstić information content (AvgIpc) is 2.74. The number of carbonyl (C=O) groups excluding carboxylic acids is 3. The predicted molar refractivity (Wildman–Crippen MR) is 114 cm³/mol. The molecular formula is C23H26N2O5. The third kappa shape index (κ3) is 4.79. The Morgan fingerprint density at radius 1 is 1.20 bits per heavy atom. The number of hydrogen-bond acceptors (Lipinski definition) is 5. The molecule has 30 heavy (non-hydrogen) atoms. The number of Topliss-reactive ketones (excluding diaryl/α,β-unsaturated/α-hetero) is 1. The van der Waals surface area contributed by atoms with Crippen molar-refractivity contribution in [2.24, 2.45) is 0 Å². The number of rotatable bonds is 8. The molecule has 0 aromatic heterocycles. The fourth-order valence-electron chi connectivity index (χ4n) is 3.15. The lowest BCUT2D eigenvalue weighted by atomic mass is 10.1. The molecule has 0 fully saturated rings. The molecule has 2 aromatic carbocycles. The Morgan fingerprint density at radius 3 is 2.60 bits per heavy atom. The Hall–Kier alpha value is -3.35. The maximum Gasteiger partial charge on any atom is 0.265 e. The van der Waals surface area contributed by atoms with Gasteiger partial charge in [-0.05, 0) is 62.7 Å². The SMILES string of the molecule is CCCCOc1ccc(NC(=O)C(C)N2C(=O)COc3ccc(C(C)=O)cc32)cc1. The van der Waals surface area contributed by atoms with E-state index in [4.69, 9.17) is 9.47 Å². The van der Waals surface area contributed by atoms with Gasteiger partial charge in [0.1, 0.15) is 17.5 Å². The number of ketones is 1. The van der Waals surface area contributed by atoms with Crippen LogP contribution in [0.2, 0.25) is 0 Å². The van der Waals surface area contributed by atoms with Gasteiger partial charge in [-0.2, -0.15) is 0 Å². The van der Waals surface area contributed by atoms with Gasteiger partial charge >= 0.3 is 0 Å². The van der Waals surface area contributed by atoms with E-state index < -0.39 is 6.04 Å². The van der Waals surface area contributed by atoms with Crippen molar-refractivity contribution in [3.05, 3.63) is 48.0 Å². The largest absolute Gasteiger partial charge is 0.494 e. The number of hydrogen-bond donors (Lipinski definition) is 1. The van der Waals surface area contributed by atoms with E-state index in [2.05, 4.69) is 12.2 Å². The highest BCUT2D eigenvalue weighted by Crippen LogP contribution is 2.34.